The van der Waals surface area contributed by atoms with Gasteiger partial charge in [-0.3, -0.25) is 14.9 Å². The minimum atomic E-state index is -0.790. The number of aryl methyl sites for hydroxylation is 1. The zero-order valence-electron chi connectivity index (χ0n) is 9.82. The van der Waals surface area contributed by atoms with E-state index in [1.165, 1.54) is 0 Å². The van der Waals surface area contributed by atoms with Crippen LogP contribution in [0.1, 0.15) is 12.0 Å². The molecule has 0 aromatic heterocycles. The number of nitrogens with one attached hydrogen (secondary N) is 3. The number of amides is 4. The van der Waals surface area contributed by atoms with E-state index in [1.54, 1.807) is 6.07 Å². The van der Waals surface area contributed by atoms with E-state index < -0.39 is 18.0 Å². The van der Waals surface area contributed by atoms with Gasteiger partial charge in [-0.2, -0.15) is 0 Å². The number of imide groups is 1. The molecule has 1 fully saturated rings. The van der Waals surface area contributed by atoms with E-state index in [2.05, 4.69) is 16.0 Å². The van der Waals surface area contributed by atoms with Crippen LogP contribution in [-0.4, -0.2) is 23.9 Å². The molecule has 18 heavy (non-hydrogen) atoms. The molecule has 1 saturated heterocycles. The Morgan fingerprint density at radius 3 is 2.67 bits per heavy atom. The van der Waals surface area contributed by atoms with Crippen LogP contribution in [-0.2, 0) is 9.59 Å². The van der Waals surface area contributed by atoms with Crippen LogP contribution in [0.25, 0.3) is 0 Å². The number of hydrogen-bond donors (Lipinski definition) is 3. The zero-order valence-corrected chi connectivity index (χ0v) is 9.82. The van der Waals surface area contributed by atoms with Gasteiger partial charge in [0.1, 0.15) is 6.04 Å². The van der Waals surface area contributed by atoms with Gasteiger partial charge < -0.3 is 10.6 Å². The molecular weight excluding hydrogens is 234 g/mol. The van der Waals surface area contributed by atoms with Crippen molar-refractivity contribution in [3.05, 3.63) is 29.8 Å². The molecule has 0 radical (unpaired) electrons. The lowest BCUT2D eigenvalue weighted by molar-refractivity contribution is -0.124. The summed E-state index contributed by atoms with van der Waals surface area (Å²) in [5, 5.41) is 7.16. The molecule has 4 amide bonds. The Kier molecular flexibility index (Phi) is 3.27. The van der Waals surface area contributed by atoms with Crippen molar-refractivity contribution < 1.29 is 14.4 Å². The van der Waals surface area contributed by atoms with Gasteiger partial charge in [0, 0.05) is 5.69 Å². The fourth-order valence-corrected chi connectivity index (χ4v) is 1.70. The molecule has 0 bridgehead atoms. The topological polar surface area (TPSA) is 87.3 Å². The van der Waals surface area contributed by atoms with Gasteiger partial charge in [0.15, 0.2) is 0 Å². The first kappa shape index (κ1) is 12.1. The predicted octanol–water partition coefficient (Wildman–Crippen LogP) is 0.532. The zero-order chi connectivity index (χ0) is 13.1. The molecule has 0 saturated carbocycles. The summed E-state index contributed by atoms with van der Waals surface area (Å²) in [4.78, 5) is 33.9. The number of carbonyl (C=O) groups is 3. The van der Waals surface area contributed by atoms with Gasteiger partial charge in [-0.15, -0.1) is 0 Å². The molecule has 3 N–H and O–H groups in total. The van der Waals surface area contributed by atoms with Gasteiger partial charge in [-0.25, -0.2) is 4.79 Å². The number of benzene rings is 1. The standard InChI is InChI=1S/C12H13N3O3/c1-7-4-2-3-5-8(7)13-10(16)6-9-11(17)15-12(18)14-9/h2-5,9H,6H2,1H3,(H,13,16)(H2,14,15,17,18). The fraction of sp³-hybridized carbons (Fsp3) is 0.250. The Morgan fingerprint density at radius 2 is 2.06 bits per heavy atom. The highest BCUT2D eigenvalue weighted by atomic mass is 16.2. The molecule has 1 aromatic rings. The third-order valence-corrected chi connectivity index (χ3v) is 2.67. The summed E-state index contributed by atoms with van der Waals surface area (Å²) in [7, 11) is 0. The second kappa shape index (κ2) is 4.87. The van der Waals surface area contributed by atoms with E-state index in [0.717, 1.165) is 5.56 Å². The summed E-state index contributed by atoms with van der Waals surface area (Å²) in [6.45, 7) is 1.87. The maximum Gasteiger partial charge on any atom is 0.322 e. The average Bonchev–Trinajstić information content (AvgIpc) is 2.61. The second-order valence-corrected chi connectivity index (χ2v) is 4.08. The van der Waals surface area contributed by atoms with Gasteiger partial charge >= 0.3 is 6.03 Å². The van der Waals surface area contributed by atoms with Crippen molar-refractivity contribution in [3.8, 4) is 0 Å². The first-order valence-corrected chi connectivity index (χ1v) is 5.53. The van der Waals surface area contributed by atoms with E-state index in [9.17, 15) is 14.4 Å². The molecule has 1 aliphatic rings. The summed E-state index contributed by atoms with van der Waals surface area (Å²) in [6, 6.07) is 5.98. The predicted molar refractivity (Wildman–Crippen MR) is 64.9 cm³/mol. The van der Waals surface area contributed by atoms with Crippen LogP contribution < -0.4 is 16.0 Å². The number of urea groups is 1. The van der Waals surface area contributed by atoms with Crippen LogP contribution in [0.4, 0.5) is 10.5 Å². The number of para-hydroxylation sites is 1. The lowest BCUT2D eigenvalue weighted by Crippen LogP contribution is -2.33. The van der Waals surface area contributed by atoms with Crippen molar-refractivity contribution >= 4 is 23.5 Å². The monoisotopic (exact) mass is 247 g/mol. The van der Waals surface area contributed by atoms with E-state index in [-0.39, 0.29) is 12.3 Å². The highest BCUT2D eigenvalue weighted by Crippen LogP contribution is 2.13. The Balaban J connectivity index is 1.95. The molecule has 1 heterocycles. The van der Waals surface area contributed by atoms with Crippen LogP contribution in [0.15, 0.2) is 24.3 Å². The van der Waals surface area contributed by atoms with Crippen molar-refractivity contribution in [3.63, 3.8) is 0 Å². The van der Waals surface area contributed by atoms with Crippen molar-refractivity contribution in [1.29, 1.82) is 0 Å². The fourth-order valence-electron chi connectivity index (χ4n) is 1.70. The molecule has 6 nitrogen and oxygen atoms in total. The summed E-state index contributed by atoms with van der Waals surface area (Å²) >= 11 is 0. The molecule has 6 heteroatoms. The lowest BCUT2D eigenvalue weighted by atomic mass is 10.1. The van der Waals surface area contributed by atoms with Crippen molar-refractivity contribution in [2.75, 3.05) is 5.32 Å². The molecular formula is C12H13N3O3. The molecule has 1 aliphatic heterocycles. The van der Waals surface area contributed by atoms with Crippen LogP contribution in [0.5, 0.6) is 0 Å². The Hall–Kier alpha value is -2.37. The van der Waals surface area contributed by atoms with E-state index in [0.29, 0.717) is 5.69 Å². The third kappa shape index (κ3) is 2.65. The minimum Gasteiger partial charge on any atom is -0.326 e. The normalized spacial score (nSPS) is 18.2. The number of hydrogen-bond acceptors (Lipinski definition) is 3. The summed E-state index contributed by atoms with van der Waals surface area (Å²) in [5.41, 5.74) is 1.64. The molecule has 94 valence electrons. The SMILES string of the molecule is Cc1ccccc1NC(=O)CC1NC(=O)NC1=O. The van der Waals surface area contributed by atoms with Gasteiger partial charge in [0.2, 0.25) is 5.91 Å². The van der Waals surface area contributed by atoms with Crippen molar-refractivity contribution in [2.24, 2.45) is 0 Å². The third-order valence-electron chi connectivity index (χ3n) is 2.67. The quantitative estimate of drug-likeness (QED) is 0.681. The largest absolute Gasteiger partial charge is 0.326 e. The molecule has 2 rings (SSSR count). The Bertz CT molecular complexity index is 513. The molecule has 1 atom stereocenters. The van der Waals surface area contributed by atoms with Crippen molar-refractivity contribution in [1.82, 2.24) is 10.6 Å². The van der Waals surface area contributed by atoms with Crippen LogP contribution in [0.3, 0.4) is 0 Å². The second-order valence-electron chi connectivity index (χ2n) is 4.08. The smallest absolute Gasteiger partial charge is 0.322 e. The first-order valence-electron chi connectivity index (χ1n) is 5.53. The maximum absolute atomic E-state index is 11.7. The number of carbonyl (C=O) groups excluding carboxylic acids is 3. The first-order chi connectivity index (χ1) is 8.56. The highest BCUT2D eigenvalue weighted by molar-refractivity contribution is 6.06. The Labute approximate surface area is 104 Å². The van der Waals surface area contributed by atoms with Gasteiger partial charge in [0.05, 0.1) is 6.42 Å². The summed E-state index contributed by atoms with van der Waals surface area (Å²) in [5.74, 6) is -0.786. The molecule has 0 spiro atoms. The van der Waals surface area contributed by atoms with E-state index >= 15 is 0 Å². The average molecular weight is 247 g/mol. The molecule has 1 unspecified atom stereocenters. The molecule has 1 aromatic carbocycles. The maximum atomic E-state index is 11.7. The van der Waals surface area contributed by atoms with E-state index in [1.807, 2.05) is 25.1 Å². The number of anilines is 1. The minimum absolute atomic E-state index is 0.0775. The van der Waals surface area contributed by atoms with Gasteiger partial charge in [-0.1, -0.05) is 18.2 Å². The number of rotatable bonds is 3. The highest BCUT2D eigenvalue weighted by Gasteiger charge is 2.31. The van der Waals surface area contributed by atoms with Crippen molar-refractivity contribution in [2.45, 2.75) is 19.4 Å². The lowest BCUT2D eigenvalue weighted by Gasteiger charge is -2.10. The van der Waals surface area contributed by atoms with E-state index in [4.69, 9.17) is 0 Å². The summed E-state index contributed by atoms with van der Waals surface area (Å²) < 4.78 is 0. The van der Waals surface area contributed by atoms with Gasteiger partial charge in [0.25, 0.3) is 5.91 Å². The van der Waals surface area contributed by atoms with Gasteiger partial charge in [-0.05, 0) is 18.6 Å². The summed E-state index contributed by atoms with van der Waals surface area (Å²) in [6.07, 6.45) is -0.0775. The van der Waals surface area contributed by atoms with Crippen LogP contribution in [0.2, 0.25) is 0 Å². The molecule has 0 aliphatic carbocycles. The van der Waals surface area contributed by atoms with Crippen LogP contribution in [0, 0.1) is 6.92 Å². The Morgan fingerprint density at radius 1 is 1.33 bits per heavy atom. The van der Waals surface area contributed by atoms with Crippen LogP contribution >= 0.6 is 0 Å².